The van der Waals surface area contributed by atoms with Crippen LogP contribution in [0.2, 0.25) is 0 Å². The van der Waals surface area contributed by atoms with Crippen molar-refractivity contribution >= 4 is 28.2 Å². The summed E-state index contributed by atoms with van der Waals surface area (Å²) in [6.07, 6.45) is 3.01. The third kappa shape index (κ3) is 3.65. The zero-order valence-electron chi connectivity index (χ0n) is 14.4. The van der Waals surface area contributed by atoms with E-state index in [-0.39, 0.29) is 11.5 Å². The predicted molar refractivity (Wildman–Crippen MR) is 103 cm³/mol. The summed E-state index contributed by atoms with van der Waals surface area (Å²) in [5.41, 5.74) is 3.07. The van der Waals surface area contributed by atoms with Crippen LogP contribution in [0, 0.1) is 0 Å². The molecule has 0 atom stereocenters. The van der Waals surface area contributed by atoms with Crippen LogP contribution in [-0.4, -0.2) is 22.0 Å². The van der Waals surface area contributed by atoms with Crippen molar-refractivity contribution in [3.05, 3.63) is 70.9 Å². The standard InChI is InChI=1S/C20H18N2O3S/c1-12(2)13-5-7-14(8-6-13)16-11-26-19(17(16)20(24)25)22-18(23)15-4-3-9-21-10-15/h3-12H,1-2H3,(H,22,23)(H,24,25). The molecule has 0 radical (unpaired) electrons. The minimum absolute atomic E-state index is 0.101. The smallest absolute Gasteiger partial charge is 0.339 e. The molecule has 26 heavy (non-hydrogen) atoms. The lowest BCUT2D eigenvalue weighted by Gasteiger charge is -2.08. The second kappa shape index (κ2) is 7.49. The molecule has 1 aromatic carbocycles. The molecule has 0 spiro atoms. The molecule has 0 aliphatic heterocycles. The highest BCUT2D eigenvalue weighted by atomic mass is 32.1. The molecule has 0 saturated heterocycles. The van der Waals surface area contributed by atoms with E-state index >= 15 is 0 Å². The van der Waals surface area contributed by atoms with Crippen molar-refractivity contribution in [3.63, 3.8) is 0 Å². The number of hydrogen-bond donors (Lipinski definition) is 2. The van der Waals surface area contributed by atoms with Gasteiger partial charge in [-0.05, 0) is 29.2 Å². The van der Waals surface area contributed by atoms with E-state index in [2.05, 4.69) is 24.1 Å². The number of pyridine rings is 1. The van der Waals surface area contributed by atoms with Crippen molar-refractivity contribution in [3.8, 4) is 11.1 Å². The monoisotopic (exact) mass is 366 g/mol. The molecule has 0 aliphatic rings. The van der Waals surface area contributed by atoms with Crippen molar-refractivity contribution in [1.82, 2.24) is 4.98 Å². The SMILES string of the molecule is CC(C)c1ccc(-c2csc(NC(=O)c3cccnc3)c2C(=O)O)cc1. The van der Waals surface area contributed by atoms with Crippen LogP contribution in [0.5, 0.6) is 0 Å². The zero-order chi connectivity index (χ0) is 18.7. The van der Waals surface area contributed by atoms with Gasteiger partial charge in [0.25, 0.3) is 5.91 Å². The molecule has 6 heteroatoms. The Morgan fingerprint density at radius 2 is 1.88 bits per heavy atom. The number of nitrogens with one attached hydrogen (secondary N) is 1. The second-order valence-electron chi connectivity index (χ2n) is 6.13. The predicted octanol–water partition coefficient (Wildman–Crippen LogP) is 4.88. The molecule has 2 N–H and O–H groups in total. The highest BCUT2D eigenvalue weighted by Gasteiger charge is 2.21. The molecule has 0 bridgehead atoms. The number of thiophene rings is 1. The first-order chi connectivity index (χ1) is 12.5. The maximum Gasteiger partial charge on any atom is 0.339 e. The van der Waals surface area contributed by atoms with Gasteiger partial charge < -0.3 is 10.4 Å². The van der Waals surface area contributed by atoms with E-state index in [4.69, 9.17) is 0 Å². The van der Waals surface area contributed by atoms with Gasteiger partial charge in [0.15, 0.2) is 0 Å². The Kier molecular flexibility index (Phi) is 5.14. The number of benzene rings is 1. The average molecular weight is 366 g/mol. The number of rotatable bonds is 5. The highest BCUT2D eigenvalue weighted by Crippen LogP contribution is 2.36. The fourth-order valence-corrected chi connectivity index (χ4v) is 3.55. The van der Waals surface area contributed by atoms with Crippen LogP contribution in [0.1, 0.15) is 46.0 Å². The summed E-state index contributed by atoms with van der Waals surface area (Å²) in [4.78, 5) is 28.0. The lowest BCUT2D eigenvalue weighted by Crippen LogP contribution is -2.13. The van der Waals surface area contributed by atoms with Gasteiger partial charge in [-0.2, -0.15) is 0 Å². The first kappa shape index (κ1) is 17.8. The average Bonchev–Trinajstić information content (AvgIpc) is 3.06. The maximum atomic E-state index is 12.3. The van der Waals surface area contributed by atoms with E-state index in [9.17, 15) is 14.7 Å². The van der Waals surface area contributed by atoms with E-state index in [0.717, 1.165) is 5.56 Å². The van der Waals surface area contributed by atoms with Gasteiger partial charge in [-0.15, -0.1) is 11.3 Å². The molecule has 0 saturated carbocycles. The van der Waals surface area contributed by atoms with Crippen molar-refractivity contribution in [2.24, 2.45) is 0 Å². The van der Waals surface area contributed by atoms with Gasteiger partial charge in [0.2, 0.25) is 0 Å². The minimum atomic E-state index is -1.07. The number of aromatic nitrogens is 1. The fourth-order valence-electron chi connectivity index (χ4n) is 2.59. The molecule has 1 amide bonds. The van der Waals surface area contributed by atoms with Crippen molar-refractivity contribution < 1.29 is 14.7 Å². The molecule has 5 nitrogen and oxygen atoms in total. The van der Waals surface area contributed by atoms with E-state index in [1.165, 1.54) is 23.1 Å². The van der Waals surface area contributed by atoms with E-state index < -0.39 is 5.97 Å². The van der Waals surface area contributed by atoms with E-state index in [1.807, 2.05) is 24.3 Å². The first-order valence-corrected chi connectivity index (χ1v) is 9.02. The third-order valence-corrected chi connectivity index (χ3v) is 4.94. The van der Waals surface area contributed by atoms with Crippen LogP contribution < -0.4 is 5.32 Å². The van der Waals surface area contributed by atoms with Crippen LogP contribution in [0.15, 0.2) is 54.2 Å². The van der Waals surface area contributed by atoms with Gasteiger partial charge in [0, 0.05) is 23.3 Å². The Balaban J connectivity index is 1.94. The van der Waals surface area contributed by atoms with Crippen LogP contribution in [0.4, 0.5) is 5.00 Å². The lowest BCUT2D eigenvalue weighted by molar-refractivity contribution is 0.0699. The molecule has 0 unspecified atom stereocenters. The molecule has 0 aliphatic carbocycles. The number of carboxylic acid groups (broad SMARTS) is 1. The topological polar surface area (TPSA) is 79.3 Å². The van der Waals surface area contributed by atoms with Crippen molar-refractivity contribution in [1.29, 1.82) is 0 Å². The molecule has 132 valence electrons. The molecule has 3 aromatic rings. The number of anilines is 1. The Morgan fingerprint density at radius 1 is 1.15 bits per heavy atom. The summed E-state index contributed by atoms with van der Waals surface area (Å²) in [6.45, 7) is 4.21. The number of carboxylic acids is 1. The van der Waals surface area contributed by atoms with Crippen molar-refractivity contribution in [2.45, 2.75) is 19.8 Å². The maximum absolute atomic E-state index is 12.3. The molecular formula is C20H18N2O3S. The lowest BCUT2D eigenvalue weighted by atomic mass is 9.98. The summed E-state index contributed by atoms with van der Waals surface area (Å²) in [7, 11) is 0. The van der Waals surface area contributed by atoms with Crippen LogP contribution in [0.3, 0.4) is 0 Å². The Bertz CT molecular complexity index is 931. The van der Waals surface area contributed by atoms with Crippen molar-refractivity contribution in [2.75, 3.05) is 5.32 Å². The Morgan fingerprint density at radius 3 is 2.46 bits per heavy atom. The normalized spacial score (nSPS) is 10.7. The van der Waals surface area contributed by atoms with Gasteiger partial charge in [-0.1, -0.05) is 38.1 Å². The zero-order valence-corrected chi connectivity index (χ0v) is 15.2. The quantitative estimate of drug-likeness (QED) is 0.674. The van der Waals surface area contributed by atoms with Crippen LogP contribution in [0.25, 0.3) is 11.1 Å². The fraction of sp³-hybridized carbons (Fsp3) is 0.150. The number of amides is 1. The molecule has 3 rings (SSSR count). The largest absolute Gasteiger partial charge is 0.478 e. The number of aromatic carboxylic acids is 1. The van der Waals surface area contributed by atoms with Gasteiger partial charge in [0.1, 0.15) is 10.6 Å². The second-order valence-corrected chi connectivity index (χ2v) is 7.01. The molecule has 0 fully saturated rings. The van der Waals surface area contributed by atoms with Crippen LogP contribution >= 0.6 is 11.3 Å². The van der Waals surface area contributed by atoms with Gasteiger partial charge >= 0.3 is 5.97 Å². The van der Waals surface area contributed by atoms with Crippen LogP contribution in [-0.2, 0) is 0 Å². The Hall–Kier alpha value is -2.99. The summed E-state index contributed by atoms with van der Waals surface area (Å²) in [6, 6.07) is 11.1. The van der Waals surface area contributed by atoms with Gasteiger partial charge in [-0.25, -0.2) is 4.79 Å². The minimum Gasteiger partial charge on any atom is -0.478 e. The summed E-state index contributed by atoms with van der Waals surface area (Å²) in [5.74, 6) is -1.06. The van der Waals surface area contributed by atoms with E-state index in [1.54, 1.807) is 23.7 Å². The number of hydrogen-bond acceptors (Lipinski definition) is 4. The van der Waals surface area contributed by atoms with Gasteiger partial charge in [-0.3, -0.25) is 9.78 Å². The Labute approximate surface area is 155 Å². The summed E-state index contributed by atoms with van der Waals surface area (Å²) < 4.78 is 0. The highest BCUT2D eigenvalue weighted by molar-refractivity contribution is 7.15. The molecular weight excluding hydrogens is 348 g/mol. The number of carbonyl (C=O) groups excluding carboxylic acids is 1. The molecule has 2 aromatic heterocycles. The van der Waals surface area contributed by atoms with Gasteiger partial charge in [0.05, 0.1) is 5.56 Å². The first-order valence-electron chi connectivity index (χ1n) is 8.14. The third-order valence-electron chi connectivity index (χ3n) is 4.04. The number of nitrogens with zero attached hydrogens (tertiary/aromatic N) is 1. The van der Waals surface area contributed by atoms with E-state index in [0.29, 0.717) is 22.0 Å². The molecule has 2 heterocycles. The number of carbonyl (C=O) groups is 2. The summed E-state index contributed by atoms with van der Waals surface area (Å²) in [5, 5.41) is 14.4. The summed E-state index contributed by atoms with van der Waals surface area (Å²) >= 11 is 1.20.